The molecule has 1 saturated carbocycles. The molecule has 1 amide bonds. The van der Waals surface area contributed by atoms with Crippen molar-refractivity contribution in [3.05, 3.63) is 30.0 Å². The summed E-state index contributed by atoms with van der Waals surface area (Å²) in [5.41, 5.74) is 8.01. The van der Waals surface area contributed by atoms with Crippen LogP contribution in [0.4, 0.5) is 5.69 Å². The minimum Gasteiger partial charge on any atom is -0.397 e. The minimum absolute atomic E-state index is 0.0138. The third kappa shape index (κ3) is 1.97. The van der Waals surface area contributed by atoms with Crippen LogP contribution in [0.5, 0.6) is 0 Å². The topological polar surface area (TPSA) is 70.9 Å². The number of carbonyl (C=O) groups is 1. The first kappa shape index (κ1) is 12.1. The van der Waals surface area contributed by atoms with E-state index in [0.29, 0.717) is 11.4 Å². The van der Waals surface area contributed by atoms with Gasteiger partial charge in [-0.15, -0.1) is 0 Å². The van der Waals surface area contributed by atoms with Crippen LogP contribution in [0.1, 0.15) is 43.1 Å². The van der Waals surface area contributed by atoms with Gasteiger partial charge >= 0.3 is 0 Å². The molecule has 0 saturated heterocycles. The van der Waals surface area contributed by atoms with Crippen LogP contribution in [0.15, 0.2) is 24.3 Å². The molecule has 1 aliphatic rings. The molecule has 4 nitrogen and oxygen atoms in total. The van der Waals surface area contributed by atoms with E-state index in [-0.39, 0.29) is 11.4 Å². The lowest BCUT2D eigenvalue weighted by Gasteiger charge is -2.41. The van der Waals surface area contributed by atoms with Crippen molar-refractivity contribution in [1.82, 2.24) is 10.3 Å². The van der Waals surface area contributed by atoms with E-state index in [0.717, 1.165) is 30.2 Å². The van der Waals surface area contributed by atoms with Crippen LogP contribution >= 0.6 is 0 Å². The number of amides is 1. The molecule has 0 bridgehead atoms. The zero-order valence-electron chi connectivity index (χ0n) is 11.1. The Bertz CT molecular complexity index is 620. The van der Waals surface area contributed by atoms with Gasteiger partial charge < -0.3 is 16.0 Å². The Hall–Kier alpha value is -1.97. The lowest BCUT2D eigenvalue weighted by atomic mass is 9.75. The fraction of sp³-hybridized carbons (Fsp3) is 0.400. The number of carbonyl (C=O) groups excluding carboxylic acids is 1. The first-order valence-corrected chi connectivity index (χ1v) is 6.83. The fourth-order valence-corrected chi connectivity index (χ4v) is 2.78. The highest BCUT2D eigenvalue weighted by Gasteiger charge is 2.36. The molecule has 1 heterocycles. The standard InChI is InChI=1S/C15H19N3O/c1-2-15(7-4-8-15)18-14(19)12-9-10-5-3-6-11(16)13(10)17-12/h3,5-6,9,17H,2,4,7-8,16H2,1H3,(H,18,19). The highest BCUT2D eigenvalue weighted by Crippen LogP contribution is 2.35. The third-order valence-electron chi connectivity index (χ3n) is 4.30. The summed E-state index contributed by atoms with van der Waals surface area (Å²) in [7, 11) is 0. The molecule has 0 aliphatic heterocycles. The smallest absolute Gasteiger partial charge is 0.268 e. The van der Waals surface area contributed by atoms with Crippen molar-refractivity contribution in [2.24, 2.45) is 0 Å². The van der Waals surface area contributed by atoms with Gasteiger partial charge in [0.05, 0.1) is 11.2 Å². The average molecular weight is 257 g/mol. The van der Waals surface area contributed by atoms with E-state index in [9.17, 15) is 4.79 Å². The largest absolute Gasteiger partial charge is 0.397 e. The predicted molar refractivity (Wildman–Crippen MR) is 77.1 cm³/mol. The number of nitrogen functional groups attached to an aromatic ring is 1. The zero-order chi connectivity index (χ0) is 13.5. The number of hydrogen-bond acceptors (Lipinski definition) is 2. The number of benzene rings is 1. The van der Waals surface area contributed by atoms with E-state index in [1.165, 1.54) is 6.42 Å². The zero-order valence-corrected chi connectivity index (χ0v) is 11.1. The Kier molecular flexibility index (Phi) is 2.73. The minimum atomic E-state index is -0.0304. The van der Waals surface area contributed by atoms with Crippen molar-refractivity contribution < 1.29 is 4.79 Å². The van der Waals surface area contributed by atoms with Crippen molar-refractivity contribution in [3.8, 4) is 0 Å². The van der Waals surface area contributed by atoms with Crippen LogP contribution in [-0.2, 0) is 0 Å². The number of nitrogens with two attached hydrogens (primary N) is 1. The molecule has 1 aromatic carbocycles. The maximum Gasteiger partial charge on any atom is 0.268 e. The molecule has 1 aromatic heterocycles. The number of hydrogen-bond donors (Lipinski definition) is 3. The lowest BCUT2D eigenvalue weighted by molar-refractivity contribution is 0.0816. The molecule has 3 rings (SSSR count). The van der Waals surface area contributed by atoms with Gasteiger partial charge in [0.2, 0.25) is 0 Å². The van der Waals surface area contributed by atoms with Gasteiger partial charge in [0, 0.05) is 10.9 Å². The molecule has 1 aliphatic carbocycles. The molecule has 1 fully saturated rings. The lowest BCUT2D eigenvalue weighted by Crippen LogP contribution is -2.53. The van der Waals surface area contributed by atoms with Gasteiger partial charge in [0.15, 0.2) is 0 Å². The first-order chi connectivity index (χ1) is 9.13. The van der Waals surface area contributed by atoms with E-state index >= 15 is 0 Å². The van der Waals surface area contributed by atoms with Gasteiger partial charge in [-0.2, -0.15) is 0 Å². The summed E-state index contributed by atoms with van der Waals surface area (Å²) in [6.45, 7) is 2.13. The van der Waals surface area contributed by atoms with E-state index in [4.69, 9.17) is 5.73 Å². The molecule has 4 N–H and O–H groups in total. The molecule has 19 heavy (non-hydrogen) atoms. The van der Waals surface area contributed by atoms with E-state index in [1.54, 1.807) is 0 Å². The summed E-state index contributed by atoms with van der Waals surface area (Å²) in [6.07, 6.45) is 4.35. The van der Waals surface area contributed by atoms with Crippen molar-refractivity contribution in [2.75, 3.05) is 5.73 Å². The molecular formula is C15H19N3O. The number of aromatic amines is 1. The van der Waals surface area contributed by atoms with E-state index < -0.39 is 0 Å². The maximum absolute atomic E-state index is 12.3. The summed E-state index contributed by atoms with van der Waals surface area (Å²) >= 11 is 0. The fourth-order valence-electron chi connectivity index (χ4n) is 2.78. The number of rotatable bonds is 3. The van der Waals surface area contributed by atoms with Crippen molar-refractivity contribution in [2.45, 2.75) is 38.1 Å². The van der Waals surface area contributed by atoms with E-state index in [2.05, 4.69) is 17.2 Å². The molecule has 0 atom stereocenters. The van der Waals surface area contributed by atoms with Crippen molar-refractivity contribution in [3.63, 3.8) is 0 Å². The first-order valence-electron chi connectivity index (χ1n) is 6.83. The molecule has 0 unspecified atom stereocenters. The number of para-hydroxylation sites is 1. The molecule has 2 aromatic rings. The van der Waals surface area contributed by atoms with Crippen LogP contribution in [0.2, 0.25) is 0 Å². The SMILES string of the molecule is CCC1(NC(=O)c2cc3cccc(N)c3[nH]2)CCC1. The summed E-state index contributed by atoms with van der Waals surface area (Å²) in [6, 6.07) is 7.55. The maximum atomic E-state index is 12.3. The molecule has 100 valence electrons. The van der Waals surface area contributed by atoms with Gasteiger partial charge in [-0.05, 0) is 37.8 Å². The molecule has 4 heteroatoms. The van der Waals surface area contributed by atoms with Crippen molar-refractivity contribution >= 4 is 22.5 Å². The van der Waals surface area contributed by atoms with Crippen LogP contribution < -0.4 is 11.1 Å². The Morgan fingerprint density at radius 3 is 2.84 bits per heavy atom. The summed E-state index contributed by atoms with van der Waals surface area (Å²) in [4.78, 5) is 15.4. The normalized spacial score (nSPS) is 17.1. The average Bonchev–Trinajstić information content (AvgIpc) is 2.79. The summed E-state index contributed by atoms with van der Waals surface area (Å²) < 4.78 is 0. The van der Waals surface area contributed by atoms with Gasteiger partial charge in [-0.1, -0.05) is 19.1 Å². The van der Waals surface area contributed by atoms with Gasteiger partial charge in [0.25, 0.3) is 5.91 Å². The Labute approximate surface area is 112 Å². The highest BCUT2D eigenvalue weighted by molar-refractivity contribution is 6.01. The molecular weight excluding hydrogens is 238 g/mol. The van der Waals surface area contributed by atoms with Gasteiger partial charge in [0.1, 0.15) is 5.69 Å². The number of H-pyrrole nitrogens is 1. The highest BCUT2D eigenvalue weighted by atomic mass is 16.2. The Balaban J connectivity index is 1.87. The monoisotopic (exact) mass is 257 g/mol. The van der Waals surface area contributed by atoms with Gasteiger partial charge in [-0.3, -0.25) is 4.79 Å². The summed E-state index contributed by atoms with van der Waals surface area (Å²) in [5, 5.41) is 4.14. The number of aromatic nitrogens is 1. The van der Waals surface area contributed by atoms with Gasteiger partial charge in [-0.25, -0.2) is 0 Å². The second kappa shape index (κ2) is 4.30. The Morgan fingerprint density at radius 2 is 2.26 bits per heavy atom. The second-order valence-corrected chi connectivity index (χ2v) is 5.44. The molecule has 0 radical (unpaired) electrons. The predicted octanol–water partition coefficient (Wildman–Crippen LogP) is 2.81. The van der Waals surface area contributed by atoms with E-state index in [1.807, 2.05) is 24.3 Å². The number of nitrogens with one attached hydrogen (secondary N) is 2. The second-order valence-electron chi connectivity index (χ2n) is 5.44. The third-order valence-corrected chi connectivity index (χ3v) is 4.30. The molecule has 0 spiro atoms. The number of fused-ring (bicyclic) bond motifs is 1. The summed E-state index contributed by atoms with van der Waals surface area (Å²) in [5.74, 6) is -0.0304. The number of anilines is 1. The van der Waals surface area contributed by atoms with Crippen LogP contribution in [-0.4, -0.2) is 16.4 Å². The Morgan fingerprint density at radius 1 is 1.47 bits per heavy atom. The van der Waals surface area contributed by atoms with Crippen LogP contribution in [0, 0.1) is 0 Å². The van der Waals surface area contributed by atoms with Crippen molar-refractivity contribution in [1.29, 1.82) is 0 Å². The van der Waals surface area contributed by atoms with Crippen LogP contribution in [0.25, 0.3) is 10.9 Å². The van der Waals surface area contributed by atoms with Crippen LogP contribution in [0.3, 0.4) is 0 Å². The quantitative estimate of drug-likeness (QED) is 0.740.